The van der Waals surface area contributed by atoms with E-state index in [-0.39, 0.29) is 29.9 Å². The molecule has 0 aromatic heterocycles. The van der Waals surface area contributed by atoms with Crippen LogP contribution in [-0.4, -0.2) is 45.6 Å². The third-order valence-electron chi connectivity index (χ3n) is 7.82. The molecule has 7 nitrogen and oxygen atoms in total. The quantitative estimate of drug-likeness (QED) is 0.444. The van der Waals surface area contributed by atoms with E-state index in [1.54, 1.807) is 43.3 Å². The largest absolute Gasteiger partial charge is 0.508 e. The van der Waals surface area contributed by atoms with E-state index in [4.69, 9.17) is 4.74 Å². The molecule has 1 aliphatic carbocycles. The Morgan fingerprint density at radius 1 is 1.09 bits per heavy atom. The first-order valence-corrected chi connectivity index (χ1v) is 12.1. The molecule has 0 bridgehead atoms. The number of hydrogen-bond acceptors (Lipinski definition) is 6. The highest BCUT2D eigenvalue weighted by Crippen LogP contribution is 2.50. The van der Waals surface area contributed by atoms with E-state index >= 15 is 0 Å². The van der Waals surface area contributed by atoms with Crippen molar-refractivity contribution in [2.45, 2.75) is 64.7 Å². The van der Waals surface area contributed by atoms with Gasteiger partial charge in [-0.05, 0) is 62.5 Å². The van der Waals surface area contributed by atoms with Crippen LogP contribution < -0.4 is 5.32 Å². The summed E-state index contributed by atoms with van der Waals surface area (Å²) in [7, 11) is 0. The van der Waals surface area contributed by atoms with Gasteiger partial charge in [-0.15, -0.1) is 0 Å². The standard InChI is InChI=1S/C28H33NO6/c1-15-6-5-7-21-26(33)18(4)17(3)24-22(14-19-9-11-20(30)12-10-19)29-27(34)28(21,24)35-23(31)13-8-16(2)25(15)32/h5,7-12,15,21-22,24,26,30,33H,6,13-14H2,1-4H3,(H,29,34)/b7-5-,16-8-/t15-,21-,22-,24-,26+,28+/m0/s1. The summed E-state index contributed by atoms with van der Waals surface area (Å²) in [5.41, 5.74) is 1.37. The molecule has 3 N–H and O–H groups in total. The van der Waals surface area contributed by atoms with Crippen LogP contribution in [0.3, 0.4) is 0 Å². The van der Waals surface area contributed by atoms with Crippen LogP contribution in [0.1, 0.15) is 46.1 Å². The summed E-state index contributed by atoms with van der Waals surface area (Å²) in [6.45, 7) is 7.23. The van der Waals surface area contributed by atoms with Crippen molar-refractivity contribution >= 4 is 17.7 Å². The highest BCUT2D eigenvalue weighted by atomic mass is 16.6. The monoisotopic (exact) mass is 479 g/mol. The van der Waals surface area contributed by atoms with Gasteiger partial charge in [0.25, 0.3) is 5.91 Å². The molecule has 2 heterocycles. The smallest absolute Gasteiger partial charge is 0.310 e. The molecule has 4 rings (SSSR count). The van der Waals surface area contributed by atoms with E-state index in [9.17, 15) is 24.6 Å². The van der Waals surface area contributed by atoms with Crippen LogP contribution in [0.15, 0.2) is 59.2 Å². The first-order chi connectivity index (χ1) is 16.6. The molecule has 2 aliphatic heterocycles. The molecule has 1 aromatic carbocycles. The van der Waals surface area contributed by atoms with E-state index in [0.717, 1.165) is 16.7 Å². The lowest BCUT2D eigenvalue weighted by atomic mass is 9.63. The van der Waals surface area contributed by atoms with Crippen molar-refractivity contribution < 1.29 is 29.3 Å². The van der Waals surface area contributed by atoms with Gasteiger partial charge in [0, 0.05) is 12.0 Å². The number of Topliss-reactive ketones (excluding diaryl/α,β-unsaturated/α-hetero) is 1. The zero-order valence-corrected chi connectivity index (χ0v) is 20.6. The van der Waals surface area contributed by atoms with E-state index in [1.165, 1.54) is 0 Å². The number of phenolic OH excluding ortho intramolecular Hbond substituents is 1. The average molecular weight is 480 g/mol. The summed E-state index contributed by atoms with van der Waals surface area (Å²) in [6, 6.07) is 6.42. The second kappa shape index (κ2) is 9.46. The molecule has 0 unspecified atom stereocenters. The van der Waals surface area contributed by atoms with Gasteiger partial charge in [-0.2, -0.15) is 0 Å². The fourth-order valence-corrected chi connectivity index (χ4v) is 5.74. The molecular formula is C28H33NO6. The highest BCUT2D eigenvalue weighted by molar-refractivity contribution is 5.97. The summed E-state index contributed by atoms with van der Waals surface area (Å²) < 4.78 is 6.05. The molecule has 0 saturated carbocycles. The number of hydrogen-bond donors (Lipinski definition) is 3. The lowest BCUT2D eigenvalue weighted by molar-refractivity contribution is -0.179. The van der Waals surface area contributed by atoms with Crippen LogP contribution in [0.2, 0.25) is 0 Å². The Morgan fingerprint density at radius 3 is 2.46 bits per heavy atom. The maximum atomic E-state index is 13.7. The van der Waals surface area contributed by atoms with E-state index < -0.39 is 35.4 Å². The minimum absolute atomic E-state index is 0.0423. The molecule has 1 fully saturated rings. The molecule has 1 saturated heterocycles. The normalized spacial score (nSPS) is 36.1. The molecule has 7 heteroatoms. The predicted octanol–water partition coefficient (Wildman–Crippen LogP) is 3.16. The Balaban J connectivity index is 1.81. The Labute approximate surface area is 205 Å². The molecule has 186 valence electrons. The van der Waals surface area contributed by atoms with E-state index in [0.29, 0.717) is 18.4 Å². The third kappa shape index (κ3) is 4.33. The minimum atomic E-state index is -1.60. The second-order valence-electron chi connectivity index (χ2n) is 10.1. The maximum absolute atomic E-state index is 13.7. The van der Waals surface area contributed by atoms with Gasteiger partial charge in [-0.1, -0.05) is 42.9 Å². The number of esters is 1. The minimum Gasteiger partial charge on any atom is -0.508 e. The molecule has 0 radical (unpaired) electrons. The summed E-state index contributed by atoms with van der Waals surface area (Å²) >= 11 is 0. The van der Waals surface area contributed by atoms with Crippen molar-refractivity contribution in [1.82, 2.24) is 5.32 Å². The van der Waals surface area contributed by atoms with Crippen molar-refractivity contribution in [2.24, 2.45) is 17.8 Å². The Hall–Kier alpha value is -3.19. The zero-order chi connectivity index (χ0) is 25.5. The van der Waals surface area contributed by atoms with Crippen LogP contribution in [0.4, 0.5) is 0 Å². The fraction of sp³-hybridized carbons (Fsp3) is 0.464. The number of aliphatic hydroxyl groups excluding tert-OH is 1. The van der Waals surface area contributed by atoms with Crippen molar-refractivity contribution in [1.29, 1.82) is 0 Å². The fourth-order valence-electron chi connectivity index (χ4n) is 5.74. The number of carbonyl (C=O) groups excluding carboxylic acids is 3. The van der Waals surface area contributed by atoms with E-state index in [1.807, 2.05) is 26.8 Å². The summed E-state index contributed by atoms with van der Waals surface area (Å²) in [5.74, 6) is -2.50. The molecule has 1 amide bonds. The molecule has 35 heavy (non-hydrogen) atoms. The Kier molecular flexibility index (Phi) is 6.73. The first-order valence-electron chi connectivity index (χ1n) is 12.1. The lowest BCUT2D eigenvalue weighted by Crippen LogP contribution is -2.59. The van der Waals surface area contributed by atoms with Crippen molar-refractivity contribution in [2.75, 3.05) is 0 Å². The summed E-state index contributed by atoms with van der Waals surface area (Å²) in [4.78, 5) is 39.3. The summed E-state index contributed by atoms with van der Waals surface area (Å²) in [6.07, 6.45) is 4.88. The van der Waals surface area contributed by atoms with Crippen molar-refractivity contribution in [3.63, 3.8) is 0 Å². The molecule has 1 aromatic rings. The molecule has 6 atom stereocenters. The number of rotatable bonds is 2. The van der Waals surface area contributed by atoms with Crippen LogP contribution in [0.25, 0.3) is 0 Å². The second-order valence-corrected chi connectivity index (χ2v) is 10.1. The number of aliphatic hydroxyl groups is 1. The number of aromatic hydroxyl groups is 1. The number of benzene rings is 1. The molecular weight excluding hydrogens is 446 g/mol. The van der Waals surface area contributed by atoms with Gasteiger partial charge in [0.2, 0.25) is 5.60 Å². The number of ketones is 1. The summed E-state index contributed by atoms with van der Waals surface area (Å²) in [5, 5.41) is 24.0. The van der Waals surface area contributed by atoms with Gasteiger partial charge < -0.3 is 20.3 Å². The Morgan fingerprint density at radius 2 is 1.77 bits per heavy atom. The number of amides is 1. The Bertz CT molecular complexity index is 1130. The number of allylic oxidation sites excluding steroid dienone is 2. The third-order valence-corrected chi connectivity index (χ3v) is 7.82. The van der Waals surface area contributed by atoms with Gasteiger partial charge in [0.05, 0.1) is 24.4 Å². The first kappa shape index (κ1) is 24.9. The average Bonchev–Trinajstić information content (AvgIpc) is 3.09. The van der Waals surface area contributed by atoms with Crippen molar-refractivity contribution in [3.8, 4) is 5.75 Å². The van der Waals surface area contributed by atoms with Gasteiger partial charge in [0.1, 0.15) is 5.75 Å². The number of ether oxygens (including phenoxy) is 1. The topological polar surface area (TPSA) is 113 Å². The molecule has 3 aliphatic rings. The predicted molar refractivity (Wildman–Crippen MR) is 130 cm³/mol. The van der Waals surface area contributed by atoms with E-state index in [2.05, 4.69) is 5.32 Å². The number of nitrogens with one attached hydrogen (secondary N) is 1. The zero-order valence-electron chi connectivity index (χ0n) is 20.6. The van der Waals surface area contributed by atoms with Crippen LogP contribution >= 0.6 is 0 Å². The number of phenols is 1. The highest BCUT2D eigenvalue weighted by Gasteiger charge is 2.66. The van der Waals surface area contributed by atoms with Crippen LogP contribution in [0.5, 0.6) is 5.75 Å². The van der Waals surface area contributed by atoms with Gasteiger partial charge in [-0.3, -0.25) is 14.4 Å². The SMILES string of the molecule is CC1=C(C)[C@H]2[C@H](Cc3ccc(O)cc3)NC(=O)[C@]23OC(=O)C/C=C(/C)C(=O)[C@@H](C)C/C=C\[C@H]3[C@@H]1O. The maximum Gasteiger partial charge on any atom is 0.310 e. The van der Waals surface area contributed by atoms with Crippen molar-refractivity contribution in [3.05, 3.63) is 64.8 Å². The van der Waals surface area contributed by atoms with Gasteiger partial charge >= 0.3 is 5.97 Å². The lowest BCUT2D eigenvalue weighted by Gasteiger charge is -2.46. The van der Waals surface area contributed by atoms with Crippen LogP contribution in [-0.2, 0) is 25.5 Å². The molecule has 1 spiro atoms. The number of carbonyl (C=O) groups is 3. The van der Waals surface area contributed by atoms with Crippen LogP contribution in [0, 0.1) is 17.8 Å². The van der Waals surface area contributed by atoms with Gasteiger partial charge in [-0.25, -0.2) is 0 Å². The van der Waals surface area contributed by atoms with Gasteiger partial charge in [0.15, 0.2) is 5.78 Å².